The van der Waals surface area contributed by atoms with Crippen molar-refractivity contribution >= 4 is 11.1 Å². The second-order valence-electron chi connectivity index (χ2n) is 8.86. The van der Waals surface area contributed by atoms with Crippen molar-refractivity contribution in [2.75, 3.05) is 26.4 Å². The molecule has 0 aliphatic heterocycles. The molecular weight excluding hydrogens is 404 g/mol. The zero-order chi connectivity index (χ0) is 23.1. The molecule has 1 aliphatic rings. The van der Waals surface area contributed by atoms with Crippen molar-refractivity contribution in [2.24, 2.45) is 5.41 Å². The molecule has 0 spiro atoms. The highest BCUT2D eigenvalue weighted by molar-refractivity contribution is 5.91. The Bertz CT molecular complexity index is 1060. The van der Waals surface area contributed by atoms with Gasteiger partial charge in [0.1, 0.15) is 0 Å². The summed E-state index contributed by atoms with van der Waals surface area (Å²) in [5.74, 6) is 0. The van der Waals surface area contributed by atoms with E-state index >= 15 is 0 Å². The maximum atomic E-state index is 5.99. The molecule has 0 N–H and O–H groups in total. The maximum absolute atomic E-state index is 5.99. The van der Waals surface area contributed by atoms with Crippen LogP contribution in [0.1, 0.15) is 41.7 Å². The smallest absolute Gasteiger partial charge is 0.0582 e. The minimum absolute atomic E-state index is 0.182. The van der Waals surface area contributed by atoms with E-state index in [1.54, 1.807) is 0 Å². The lowest BCUT2D eigenvalue weighted by atomic mass is 9.73. The van der Waals surface area contributed by atoms with E-state index in [-0.39, 0.29) is 5.41 Å². The molecule has 2 nitrogen and oxygen atoms in total. The van der Waals surface area contributed by atoms with E-state index in [1.165, 1.54) is 39.0 Å². The Morgan fingerprint density at radius 2 is 1.39 bits per heavy atom. The first-order chi connectivity index (χ1) is 16.1. The summed E-state index contributed by atoms with van der Waals surface area (Å²) in [6.45, 7) is 8.99. The average molecular weight is 439 g/mol. The largest absolute Gasteiger partial charge is 0.381 e. The Labute approximate surface area is 198 Å². The van der Waals surface area contributed by atoms with Gasteiger partial charge >= 0.3 is 0 Å². The van der Waals surface area contributed by atoms with E-state index in [9.17, 15) is 0 Å². The van der Waals surface area contributed by atoms with Crippen molar-refractivity contribution in [1.82, 2.24) is 0 Å². The summed E-state index contributed by atoms with van der Waals surface area (Å²) in [5.41, 5.74) is 8.64. The van der Waals surface area contributed by atoms with Crippen LogP contribution < -0.4 is 0 Å². The Balaban J connectivity index is 1.90. The molecular formula is C31H34O2. The molecule has 1 aliphatic carbocycles. The zero-order valence-corrected chi connectivity index (χ0v) is 20.0. The Morgan fingerprint density at radius 3 is 1.94 bits per heavy atom. The highest BCUT2D eigenvalue weighted by Crippen LogP contribution is 2.40. The van der Waals surface area contributed by atoms with Gasteiger partial charge in [0.25, 0.3) is 0 Å². The fourth-order valence-corrected chi connectivity index (χ4v) is 4.63. The van der Waals surface area contributed by atoms with E-state index in [4.69, 9.17) is 9.47 Å². The summed E-state index contributed by atoms with van der Waals surface area (Å²) in [6, 6.07) is 28.1. The Kier molecular flexibility index (Phi) is 7.59. The first kappa shape index (κ1) is 23.2. The number of aryl methyl sites for hydroxylation is 1. The summed E-state index contributed by atoms with van der Waals surface area (Å²) in [7, 11) is 0. The molecule has 0 unspecified atom stereocenters. The Hall–Kier alpha value is -2.94. The Morgan fingerprint density at radius 1 is 0.818 bits per heavy atom. The van der Waals surface area contributed by atoms with Crippen molar-refractivity contribution in [2.45, 2.75) is 27.2 Å². The monoisotopic (exact) mass is 438 g/mol. The second-order valence-corrected chi connectivity index (χ2v) is 8.86. The second kappa shape index (κ2) is 10.8. The molecule has 0 aromatic heterocycles. The summed E-state index contributed by atoms with van der Waals surface area (Å²) in [6.07, 6.45) is 5.69. The highest BCUT2D eigenvalue weighted by atomic mass is 16.5. The molecule has 0 bridgehead atoms. The van der Waals surface area contributed by atoms with Crippen LogP contribution in [0.4, 0.5) is 0 Å². The van der Waals surface area contributed by atoms with E-state index < -0.39 is 0 Å². The molecule has 4 rings (SSSR count). The number of benzene rings is 3. The molecule has 170 valence electrons. The van der Waals surface area contributed by atoms with Gasteiger partial charge in [0.05, 0.1) is 13.2 Å². The third-order valence-corrected chi connectivity index (χ3v) is 6.24. The lowest BCUT2D eigenvalue weighted by Gasteiger charge is -2.36. The molecule has 3 aromatic carbocycles. The van der Waals surface area contributed by atoms with Crippen LogP contribution in [0.3, 0.4) is 0 Å². The van der Waals surface area contributed by atoms with Crippen molar-refractivity contribution in [3.8, 4) is 0 Å². The van der Waals surface area contributed by atoms with Gasteiger partial charge in [0, 0.05) is 18.6 Å². The number of allylic oxidation sites excluding steroid dienone is 2. The average Bonchev–Trinajstić information content (AvgIpc) is 2.86. The van der Waals surface area contributed by atoms with Crippen LogP contribution in [-0.2, 0) is 15.9 Å². The number of ether oxygens (including phenoxy) is 2. The molecule has 3 aromatic rings. The quantitative estimate of drug-likeness (QED) is 0.354. The summed E-state index contributed by atoms with van der Waals surface area (Å²) in [5, 5.41) is 0. The van der Waals surface area contributed by atoms with Crippen molar-refractivity contribution in [3.05, 3.63) is 119 Å². The minimum Gasteiger partial charge on any atom is -0.381 e. The molecule has 0 saturated heterocycles. The molecule has 0 fully saturated rings. The maximum Gasteiger partial charge on any atom is 0.0582 e. The molecule has 0 radical (unpaired) electrons. The lowest BCUT2D eigenvalue weighted by Crippen LogP contribution is -2.35. The minimum atomic E-state index is -0.182. The summed E-state index contributed by atoms with van der Waals surface area (Å²) >= 11 is 0. The third kappa shape index (κ3) is 5.52. The zero-order valence-electron chi connectivity index (χ0n) is 20.0. The first-order valence-electron chi connectivity index (χ1n) is 11.9. The van der Waals surface area contributed by atoms with Gasteiger partial charge < -0.3 is 9.47 Å². The van der Waals surface area contributed by atoms with Crippen LogP contribution in [0.5, 0.6) is 0 Å². The third-order valence-electron chi connectivity index (χ3n) is 6.24. The summed E-state index contributed by atoms with van der Waals surface area (Å²) in [4.78, 5) is 0. The number of hydrogen-bond acceptors (Lipinski definition) is 2. The van der Waals surface area contributed by atoms with Gasteiger partial charge in [-0.05, 0) is 66.7 Å². The predicted octanol–water partition coefficient (Wildman–Crippen LogP) is 7.13. The molecule has 0 heterocycles. The van der Waals surface area contributed by atoms with E-state index in [2.05, 4.69) is 112 Å². The number of rotatable bonds is 9. The van der Waals surface area contributed by atoms with Crippen molar-refractivity contribution in [3.63, 3.8) is 0 Å². The molecule has 2 heteroatoms. The van der Waals surface area contributed by atoms with Gasteiger partial charge in [-0.3, -0.25) is 0 Å². The summed E-state index contributed by atoms with van der Waals surface area (Å²) < 4.78 is 12.0. The van der Waals surface area contributed by atoms with Gasteiger partial charge in [-0.2, -0.15) is 0 Å². The lowest BCUT2D eigenvalue weighted by molar-refractivity contribution is 0.00943. The standard InChI is InChI=1S/C31H34O2/c1-4-32-22-31(23-33-5-2)20-27-17-16-24(3)18-29(27)28(21-31)19-30(25-12-8-6-9-13-25)26-14-10-7-11-15-26/h6-19,21H,4-5,20,22-23H2,1-3H3. The van der Waals surface area contributed by atoms with Gasteiger partial charge in [-0.1, -0.05) is 90.5 Å². The predicted molar refractivity (Wildman–Crippen MR) is 138 cm³/mol. The van der Waals surface area contributed by atoms with Crippen LogP contribution in [-0.4, -0.2) is 26.4 Å². The molecule has 33 heavy (non-hydrogen) atoms. The van der Waals surface area contributed by atoms with Crippen LogP contribution in [0.2, 0.25) is 0 Å². The van der Waals surface area contributed by atoms with Crippen molar-refractivity contribution in [1.29, 1.82) is 0 Å². The van der Waals surface area contributed by atoms with Gasteiger partial charge in [0.2, 0.25) is 0 Å². The fraction of sp³-hybridized carbons (Fsp3) is 0.290. The van der Waals surface area contributed by atoms with Gasteiger partial charge in [-0.25, -0.2) is 0 Å². The van der Waals surface area contributed by atoms with E-state index in [0.717, 1.165) is 6.42 Å². The van der Waals surface area contributed by atoms with Crippen LogP contribution in [0.25, 0.3) is 11.1 Å². The SMILES string of the molecule is CCOCC1(COCC)C=C(C=C(c2ccccc2)c2ccccc2)c2cc(C)ccc2C1. The fourth-order valence-electron chi connectivity index (χ4n) is 4.63. The van der Waals surface area contributed by atoms with Crippen LogP contribution >= 0.6 is 0 Å². The highest BCUT2D eigenvalue weighted by Gasteiger charge is 2.34. The number of fused-ring (bicyclic) bond motifs is 1. The molecule has 0 amide bonds. The van der Waals surface area contributed by atoms with Gasteiger partial charge in [-0.15, -0.1) is 0 Å². The van der Waals surface area contributed by atoms with Crippen molar-refractivity contribution < 1.29 is 9.47 Å². The van der Waals surface area contributed by atoms with E-state index in [0.29, 0.717) is 26.4 Å². The number of hydrogen-bond donors (Lipinski definition) is 0. The van der Waals surface area contributed by atoms with Gasteiger partial charge in [0.15, 0.2) is 0 Å². The normalized spacial score (nSPS) is 14.3. The molecule has 0 saturated carbocycles. The van der Waals surface area contributed by atoms with Crippen LogP contribution in [0, 0.1) is 12.3 Å². The van der Waals surface area contributed by atoms with E-state index in [1.807, 2.05) is 0 Å². The molecule has 0 atom stereocenters. The first-order valence-corrected chi connectivity index (χ1v) is 11.9. The topological polar surface area (TPSA) is 18.5 Å². The van der Waals surface area contributed by atoms with Crippen LogP contribution in [0.15, 0.2) is 91.0 Å².